The summed E-state index contributed by atoms with van der Waals surface area (Å²) in [5, 5.41) is 10.8. The minimum Gasteiger partial charge on any atom is -0.394 e. The quantitative estimate of drug-likeness (QED) is 0.750. The monoisotopic (exact) mass is 259 g/mol. The number of nitrogens with one attached hydrogen (secondary N) is 1. The standard InChI is InChI=1S/C12H15F2NO3/c1-8-2-3-9(13)10(11(8)14)12(17)15-4-6-18-7-5-16/h2-3,16H,4-7H2,1H3,(H,15,17). The molecule has 0 bridgehead atoms. The van der Waals surface area contributed by atoms with Gasteiger partial charge in [0.2, 0.25) is 0 Å². The zero-order valence-electron chi connectivity index (χ0n) is 10.0. The van der Waals surface area contributed by atoms with Crippen molar-refractivity contribution in [3.8, 4) is 0 Å². The van der Waals surface area contributed by atoms with E-state index < -0.39 is 23.1 Å². The zero-order chi connectivity index (χ0) is 13.5. The molecule has 0 aliphatic carbocycles. The molecule has 2 N–H and O–H groups in total. The van der Waals surface area contributed by atoms with E-state index >= 15 is 0 Å². The van der Waals surface area contributed by atoms with Crippen LogP contribution in [-0.2, 0) is 4.74 Å². The van der Waals surface area contributed by atoms with E-state index in [2.05, 4.69) is 5.32 Å². The Hall–Kier alpha value is -1.53. The molecule has 1 amide bonds. The second-order valence-corrected chi connectivity index (χ2v) is 3.65. The van der Waals surface area contributed by atoms with Crippen LogP contribution in [0.15, 0.2) is 12.1 Å². The summed E-state index contributed by atoms with van der Waals surface area (Å²) in [5.41, 5.74) is -0.379. The van der Waals surface area contributed by atoms with E-state index in [0.29, 0.717) is 0 Å². The van der Waals surface area contributed by atoms with Crippen molar-refractivity contribution in [1.82, 2.24) is 5.32 Å². The van der Waals surface area contributed by atoms with Crippen LogP contribution in [0.25, 0.3) is 0 Å². The Morgan fingerprint density at radius 2 is 2.11 bits per heavy atom. The van der Waals surface area contributed by atoms with Gasteiger partial charge in [-0.1, -0.05) is 6.07 Å². The maximum absolute atomic E-state index is 13.6. The molecule has 0 fully saturated rings. The lowest BCUT2D eigenvalue weighted by molar-refractivity contribution is 0.0833. The molecule has 0 saturated carbocycles. The van der Waals surface area contributed by atoms with Gasteiger partial charge in [-0.2, -0.15) is 0 Å². The first-order valence-corrected chi connectivity index (χ1v) is 5.49. The van der Waals surface area contributed by atoms with Crippen LogP contribution in [-0.4, -0.2) is 37.4 Å². The summed E-state index contributed by atoms with van der Waals surface area (Å²) in [5.74, 6) is -2.57. The Balaban J connectivity index is 2.59. The Morgan fingerprint density at radius 1 is 1.39 bits per heavy atom. The van der Waals surface area contributed by atoms with Gasteiger partial charge in [-0.25, -0.2) is 8.78 Å². The van der Waals surface area contributed by atoms with Crippen LogP contribution in [0.3, 0.4) is 0 Å². The Kier molecular flexibility index (Phi) is 5.67. The second kappa shape index (κ2) is 7.03. The summed E-state index contributed by atoms with van der Waals surface area (Å²) < 4.78 is 31.8. The minimum absolute atomic E-state index is 0.116. The third kappa shape index (κ3) is 3.75. The molecule has 0 unspecified atom stereocenters. The van der Waals surface area contributed by atoms with Crippen LogP contribution >= 0.6 is 0 Å². The van der Waals surface area contributed by atoms with Crippen LogP contribution < -0.4 is 5.32 Å². The minimum atomic E-state index is -0.896. The van der Waals surface area contributed by atoms with Gasteiger partial charge in [-0.15, -0.1) is 0 Å². The molecule has 18 heavy (non-hydrogen) atoms. The van der Waals surface area contributed by atoms with Crippen molar-refractivity contribution in [1.29, 1.82) is 0 Å². The molecule has 0 spiro atoms. The van der Waals surface area contributed by atoms with Crippen LogP contribution in [0.1, 0.15) is 15.9 Å². The first kappa shape index (κ1) is 14.5. The Labute approximate surface area is 104 Å². The zero-order valence-corrected chi connectivity index (χ0v) is 10.0. The van der Waals surface area contributed by atoms with Gasteiger partial charge in [0.1, 0.15) is 17.2 Å². The maximum Gasteiger partial charge on any atom is 0.257 e. The van der Waals surface area contributed by atoms with Crippen molar-refractivity contribution in [2.24, 2.45) is 0 Å². The summed E-state index contributed by atoms with van der Waals surface area (Å²) in [6.45, 7) is 1.78. The van der Waals surface area contributed by atoms with Gasteiger partial charge in [-0.05, 0) is 18.6 Å². The smallest absolute Gasteiger partial charge is 0.257 e. The van der Waals surface area contributed by atoms with Gasteiger partial charge in [0, 0.05) is 6.54 Å². The normalized spacial score (nSPS) is 10.4. The number of halogens is 2. The van der Waals surface area contributed by atoms with Crippen LogP contribution in [0.4, 0.5) is 8.78 Å². The molecule has 0 aliphatic rings. The van der Waals surface area contributed by atoms with Crippen molar-refractivity contribution in [2.45, 2.75) is 6.92 Å². The van der Waals surface area contributed by atoms with Gasteiger partial charge < -0.3 is 15.2 Å². The molecule has 4 nitrogen and oxygen atoms in total. The molecule has 0 aliphatic heterocycles. The number of aliphatic hydroxyl groups is 1. The molecule has 1 aromatic rings. The number of ether oxygens (including phenoxy) is 1. The fraction of sp³-hybridized carbons (Fsp3) is 0.417. The van der Waals surface area contributed by atoms with Crippen LogP contribution in [0.5, 0.6) is 0 Å². The Morgan fingerprint density at radius 3 is 2.78 bits per heavy atom. The van der Waals surface area contributed by atoms with E-state index in [4.69, 9.17) is 9.84 Å². The first-order valence-electron chi connectivity index (χ1n) is 5.49. The number of hydrogen-bond acceptors (Lipinski definition) is 3. The van der Waals surface area contributed by atoms with Gasteiger partial charge in [0.25, 0.3) is 5.91 Å². The largest absolute Gasteiger partial charge is 0.394 e. The van der Waals surface area contributed by atoms with E-state index in [9.17, 15) is 13.6 Å². The number of hydrogen-bond donors (Lipinski definition) is 2. The summed E-state index contributed by atoms with van der Waals surface area (Å²) in [7, 11) is 0. The molecule has 0 atom stereocenters. The number of aliphatic hydroxyl groups excluding tert-OH is 1. The summed E-state index contributed by atoms with van der Waals surface area (Å²) in [4.78, 5) is 11.6. The highest BCUT2D eigenvalue weighted by molar-refractivity contribution is 5.94. The highest BCUT2D eigenvalue weighted by Gasteiger charge is 2.18. The third-order valence-corrected chi connectivity index (χ3v) is 2.28. The molecule has 6 heteroatoms. The van der Waals surface area contributed by atoms with E-state index in [-0.39, 0.29) is 31.9 Å². The number of benzene rings is 1. The number of rotatable bonds is 6. The average molecular weight is 259 g/mol. The summed E-state index contributed by atoms with van der Waals surface area (Å²) in [6, 6.07) is 2.32. The first-order chi connectivity index (χ1) is 8.57. The van der Waals surface area contributed by atoms with Gasteiger partial charge in [0.05, 0.1) is 19.8 Å². The van der Waals surface area contributed by atoms with E-state index in [1.165, 1.54) is 13.0 Å². The van der Waals surface area contributed by atoms with Crippen LogP contribution in [0.2, 0.25) is 0 Å². The molecule has 1 rings (SSSR count). The summed E-state index contributed by atoms with van der Waals surface area (Å²) >= 11 is 0. The van der Waals surface area contributed by atoms with E-state index in [0.717, 1.165) is 6.07 Å². The van der Waals surface area contributed by atoms with Crippen molar-refractivity contribution in [2.75, 3.05) is 26.4 Å². The van der Waals surface area contributed by atoms with Crippen molar-refractivity contribution in [3.05, 3.63) is 34.9 Å². The highest BCUT2D eigenvalue weighted by Crippen LogP contribution is 2.15. The van der Waals surface area contributed by atoms with Gasteiger partial charge in [-0.3, -0.25) is 4.79 Å². The average Bonchev–Trinajstić information content (AvgIpc) is 2.34. The fourth-order valence-corrected chi connectivity index (χ4v) is 1.36. The molecule has 1 aromatic carbocycles. The fourth-order valence-electron chi connectivity index (χ4n) is 1.36. The summed E-state index contributed by atoms with van der Waals surface area (Å²) in [6.07, 6.45) is 0. The molecular formula is C12H15F2NO3. The van der Waals surface area contributed by atoms with Crippen molar-refractivity contribution >= 4 is 5.91 Å². The number of carbonyl (C=O) groups is 1. The topological polar surface area (TPSA) is 58.6 Å². The van der Waals surface area contributed by atoms with Crippen LogP contribution in [0, 0.1) is 18.6 Å². The van der Waals surface area contributed by atoms with Gasteiger partial charge >= 0.3 is 0 Å². The SMILES string of the molecule is Cc1ccc(F)c(C(=O)NCCOCCO)c1F. The maximum atomic E-state index is 13.6. The lowest BCUT2D eigenvalue weighted by Crippen LogP contribution is -2.29. The molecule has 0 radical (unpaired) electrons. The van der Waals surface area contributed by atoms with Crippen molar-refractivity contribution < 1.29 is 23.4 Å². The molecule has 0 saturated heterocycles. The molecular weight excluding hydrogens is 244 g/mol. The third-order valence-electron chi connectivity index (χ3n) is 2.28. The van der Waals surface area contributed by atoms with E-state index in [1.807, 2.05) is 0 Å². The molecule has 0 heterocycles. The predicted octanol–water partition coefficient (Wildman–Crippen LogP) is 1.01. The van der Waals surface area contributed by atoms with Gasteiger partial charge in [0.15, 0.2) is 0 Å². The van der Waals surface area contributed by atoms with E-state index in [1.54, 1.807) is 0 Å². The predicted molar refractivity (Wildman–Crippen MR) is 61.3 cm³/mol. The van der Waals surface area contributed by atoms with Crippen molar-refractivity contribution in [3.63, 3.8) is 0 Å². The number of aryl methyl sites for hydroxylation is 1. The lowest BCUT2D eigenvalue weighted by atomic mass is 10.1. The number of amides is 1. The Bertz CT molecular complexity index is 424. The lowest BCUT2D eigenvalue weighted by Gasteiger charge is -2.08. The highest BCUT2D eigenvalue weighted by atomic mass is 19.1. The number of carbonyl (C=O) groups excluding carboxylic acids is 1. The molecule has 0 aromatic heterocycles. The molecule has 100 valence electrons. The second-order valence-electron chi connectivity index (χ2n) is 3.65.